The standard InChI is InChI=1S/C16H29N3O2S.HI/c1-4-17-15(18-10-9-14-7-5-6-8-14)19-11-12-22(20,21)16(2,3)13-19;/h7H,4-6,8-13H2,1-3H3,(H,17,18);1H. The third-order valence-corrected chi connectivity index (χ3v) is 7.04. The van der Waals surface area contributed by atoms with Crippen LogP contribution in [0.3, 0.4) is 0 Å². The highest BCUT2D eigenvalue weighted by Crippen LogP contribution is 2.24. The second-order valence-corrected chi connectivity index (χ2v) is 9.48. The van der Waals surface area contributed by atoms with Gasteiger partial charge in [0.15, 0.2) is 15.8 Å². The van der Waals surface area contributed by atoms with E-state index in [-0.39, 0.29) is 29.7 Å². The zero-order valence-corrected chi connectivity index (χ0v) is 17.6. The zero-order chi connectivity index (χ0) is 16.2. The minimum Gasteiger partial charge on any atom is -0.357 e. The molecule has 1 fully saturated rings. The molecule has 0 saturated carbocycles. The lowest BCUT2D eigenvalue weighted by molar-refractivity contribution is 0.353. The molecule has 2 rings (SSSR count). The molecule has 23 heavy (non-hydrogen) atoms. The summed E-state index contributed by atoms with van der Waals surface area (Å²) in [7, 11) is -3.01. The number of aliphatic imine (C=N–C) groups is 1. The van der Waals surface area contributed by atoms with E-state index in [0.29, 0.717) is 13.1 Å². The third-order valence-electron chi connectivity index (χ3n) is 4.51. The van der Waals surface area contributed by atoms with Gasteiger partial charge in [-0.2, -0.15) is 0 Å². The van der Waals surface area contributed by atoms with Crippen LogP contribution in [0.4, 0.5) is 0 Å². The summed E-state index contributed by atoms with van der Waals surface area (Å²) in [6.07, 6.45) is 7.04. The molecule has 134 valence electrons. The smallest absolute Gasteiger partial charge is 0.194 e. The van der Waals surface area contributed by atoms with E-state index >= 15 is 0 Å². The molecule has 5 nitrogen and oxygen atoms in total. The van der Waals surface area contributed by atoms with E-state index in [1.54, 1.807) is 13.8 Å². The molecule has 0 bridgehead atoms. The van der Waals surface area contributed by atoms with Crippen LogP contribution in [-0.2, 0) is 9.84 Å². The van der Waals surface area contributed by atoms with E-state index in [1.165, 1.54) is 24.8 Å². The summed E-state index contributed by atoms with van der Waals surface area (Å²) in [6, 6.07) is 0. The number of allylic oxidation sites excluding steroid dienone is 1. The van der Waals surface area contributed by atoms with Crippen molar-refractivity contribution in [2.24, 2.45) is 4.99 Å². The maximum atomic E-state index is 12.1. The molecule has 2 aliphatic rings. The lowest BCUT2D eigenvalue weighted by Gasteiger charge is -2.39. The molecule has 0 atom stereocenters. The molecule has 0 amide bonds. The van der Waals surface area contributed by atoms with Gasteiger partial charge in [0, 0.05) is 26.2 Å². The number of hydrogen-bond donors (Lipinski definition) is 1. The summed E-state index contributed by atoms with van der Waals surface area (Å²) in [5.41, 5.74) is 1.51. The summed E-state index contributed by atoms with van der Waals surface area (Å²) < 4.78 is 23.5. The van der Waals surface area contributed by atoms with Gasteiger partial charge in [0.05, 0.1) is 10.5 Å². The molecule has 1 aliphatic carbocycles. The molecule has 7 heteroatoms. The first-order valence-electron chi connectivity index (χ1n) is 8.29. The predicted octanol–water partition coefficient (Wildman–Crippen LogP) is 2.58. The number of nitrogens with one attached hydrogen (secondary N) is 1. The van der Waals surface area contributed by atoms with Crippen LogP contribution in [0.5, 0.6) is 0 Å². The molecule has 1 heterocycles. The van der Waals surface area contributed by atoms with Crippen molar-refractivity contribution < 1.29 is 8.42 Å². The van der Waals surface area contributed by atoms with Crippen LogP contribution in [0.1, 0.15) is 46.5 Å². The summed E-state index contributed by atoms with van der Waals surface area (Å²) in [6.45, 7) is 8.26. The van der Waals surface area contributed by atoms with E-state index in [9.17, 15) is 8.42 Å². The second-order valence-electron chi connectivity index (χ2n) is 6.74. The highest BCUT2D eigenvalue weighted by molar-refractivity contribution is 14.0. The molecule has 1 N–H and O–H groups in total. The van der Waals surface area contributed by atoms with Crippen molar-refractivity contribution in [1.29, 1.82) is 0 Å². The number of halogens is 1. The minimum atomic E-state index is -3.01. The van der Waals surface area contributed by atoms with Crippen LogP contribution in [-0.4, -0.2) is 56.0 Å². The molecular weight excluding hydrogens is 425 g/mol. The molecule has 0 aromatic carbocycles. The van der Waals surface area contributed by atoms with Crippen molar-refractivity contribution in [2.75, 3.05) is 31.9 Å². The van der Waals surface area contributed by atoms with Crippen LogP contribution in [0.2, 0.25) is 0 Å². The van der Waals surface area contributed by atoms with Crippen molar-refractivity contribution in [3.8, 4) is 0 Å². The largest absolute Gasteiger partial charge is 0.357 e. The van der Waals surface area contributed by atoms with Crippen LogP contribution < -0.4 is 5.32 Å². The number of rotatable bonds is 4. The number of sulfone groups is 1. The Kier molecular flexibility index (Phi) is 7.83. The van der Waals surface area contributed by atoms with E-state index < -0.39 is 14.6 Å². The first kappa shape index (κ1) is 20.7. The Morgan fingerprint density at radius 3 is 2.74 bits per heavy atom. The van der Waals surface area contributed by atoms with Gasteiger partial charge in [0.1, 0.15) is 0 Å². The second kappa shape index (κ2) is 8.69. The predicted molar refractivity (Wildman–Crippen MR) is 107 cm³/mol. The van der Waals surface area contributed by atoms with Crippen molar-refractivity contribution in [1.82, 2.24) is 10.2 Å². The van der Waals surface area contributed by atoms with Gasteiger partial charge in [-0.15, -0.1) is 24.0 Å². The summed E-state index contributed by atoms with van der Waals surface area (Å²) in [5.74, 6) is 1.05. The van der Waals surface area contributed by atoms with Gasteiger partial charge in [-0.1, -0.05) is 11.6 Å². The van der Waals surface area contributed by atoms with E-state index in [0.717, 1.165) is 25.5 Å². The van der Waals surface area contributed by atoms with Crippen LogP contribution >= 0.6 is 24.0 Å². The lowest BCUT2D eigenvalue weighted by atomic mass is 10.2. The van der Waals surface area contributed by atoms with Gasteiger partial charge < -0.3 is 10.2 Å². The average Bonchev–Trinajstić information content (AvgIpc) is 2.94. The van der Waals surface area contributed by atoms with Crippen LogP contribution in [0, 0.1) is 0 Å². The Hall–Kier alpha value is -0.310. The molecular formula is C16H30IN3O2S. The van der Waals surface area contributed by atoms with Gasteiger partial charge in [0.2, 0.25) is 0 Å². The zero-order valence-electron chi connectivity index (χ0n) is 14.5. The van der Waals surface area contributed by atoms with Gasteiger partial charge in [-0.3, -0.25) is 4.99 Å². The van der Waals surface area contributed by atoms with Crippen molar-refractivity contribution in [2.45, 2.75) is 51.2 Å². The maximum absolute atomic E-state index is 12.1. The molecule has 0 unspecified atom stereocenters. The summed E-state index contributed by atoms with van der Waals surface area (Å²) in [4.78, 5) is 6.80. The SMILES string of the molecule is CCNC(=NCCC1=CCCC1)N1CCS(=O)(=O)C(C)(C)C1.I. The molecule has 1 saturated heterocycles. The molecule has 0 aromatic rings. The van der Waals surface area contributed by atoms with Gasteiger partial charge in [-0.05, 0) is 46.5 Å². The van der Waals surface area contributed by atoms with Crippen molar-refractivity contribution >= 4 is 39.8 Å². The first-order chi connectivity index (χ1) is 10.4. The van der Waals surface area contributed by atoms with Crippen LogP contribution in [0.25, 0.3) is 0 Å². The highest BCUT2D eigenvalue weighted by Gasteiger charge is 2.40. The van der Waals surface area contributed by atoms with Crippen molar-refractivity contribution in [3.05, 3.63) is 11.6 Å². The monoisotopic (exact) mass is 455 g/mol. The molecule has 0 radical (unpaired) electrons. The van der Waals surface area contributed by atoms with Gasteiger partial charge >= 0.3 is 0 Å². The van der Waals surface area contributed by atoms with E-state index in [2.05, 4.69) is 16.3 Å². The quantitative estimate of drug-likeness (QED) is 0.307. The topological polar surface area (TPSA) is 61.8 Å². The summed E-state index contributed by atoms with van der Waals surface area (Å²) in [5, 5.41) is 3.30. The Morgan fingerprint density at radius 2 is 2.17 bits per heavy atom. The lowest BCUT2D eigenvalue weighted by Crippen LogP contribution is -2.57. The van der Waals surface area contributed by atoms with Gasteiger partial charge in [0.25, 0.3) is 0 Å². The van der Waals surface area contributed by atoms with E-state index in [4.69, 9.17) is 4.99 Å². The van der Waals surface area contributed by atoms with Crippen molar-refractivity contribution in [3.63, 3.8) is 0 Å². The van der Waals surface area contributed by atoms with Crippen LogP contribution in [0.15, 0.2) is 16.6 Å². The molecule has 1 aliphatic heterocycles. The number of hydrogen-bond acceptors (Lipinski definition) is 3. The Balaban J connectivity index is 0.00000264. The fourth-order valence-corrected chi connectivity index (χ4v) is 4.39. The van der Waals surface area contributed by atoms with E-state index in [1.807, 2.05) is 6.92 Å². The molecule has 0 aromatic heterocycles. The fraction of sp³-hybridized carbons (Fsp3) is 0.812. The van der Waals surface area contributed by atoms with Gasteiger partial charge in [-0.25, -0.2) is 8.42 Å². The molecule has 0 spiro atoms. The third kappa shape index (κ3) is 5.34. The Labute approximate surface area is 157 Å². The minimum absolute atomic E-state index is 0. The first-order valence-corrected chi connectivity index (χ1v) is 9.94. The maximum Gasteiger partial charge on any atom is 0.194 e. The normalized spacial score (nSPS) is 23.2. The Bertz CT molecular complexity index is 556. The average molecular weight is 455 g/mol. The Morgan fingerprint density at radius 1 is 1.43 bits per heavy atom. The fourth-order valence-electron chi connectivity index (χ4n) is 3.02. The highest BCUT2D eigenvalue weighted by atomic mass is 127. The summed E-state index contributed by atoms with van der Waals surface area (Å²) >= 11 is 0. The number of nitrogens with zero attached hydrogens (tertiary/aromatic N) is 2. The number of guanidine groups is 1.